The number of halogens is 1. The Bertz CT molecular complexity index is 696. The first-order valence-corrected chi connectivity index (χ1v) is 7.18. The molecule has 23 heavy (non-hydrogen) atoms. The topological polar surface area (TPSA) is 98.7 Å². The average Bonchev–Trinajstić information content (AvgIpc) is 2.50. The first kappa shape index (κ1) is 16.6. The minimum atomic E-state index is -0.461. The first-order valence-electron chi connectivity index (χ1n) is 6.80. The molecule has 0 radical (unpaired) electrons. The van der Waals surface area contributed by atoms with E-state index in [1.54, 1.807) is 24.3 Å². The molecule has 0 aliphatic rings. The number of hydrogen-bond donors (Lipinski definition) is 4. The molecule has 120 valence electrons. The van der Waals surface area contributed by atoms with Crippen molar-refractivity contribution in [2.45, 2.75) is 0 Å². The fourth-order valence-corrected chi connectivity index (χ4v) is 2.01. The van der Waals surface area contributed by atoms with E-state index in [1.807, 2.05) is 0 Å². The van der Waals surface area contributed by atoms with Crippen LogP contribution in [0.25, 0.3) is 0 Å². The maximum atomic E-state index is 11.8. The van der Waals surface area contributed by atoms with Gasteiger partial charge in [-0.05, 0) is 36.4 Å². The number of phenols is 2. The lowest BCUT2D eigenvalue weighted by atomic mass is 10.2. The Balaban J connectivity index is 1.79. The second-order valence-electron chi connectivity index (χ2n) is 4.76. The normalized spacial score (nSPS) is 10.1. The predicted octanol–water partition coefficient (Wildman–Crippen LogP) is 1.91. The van der Waals surface area contributed by atoms with Gasteiger partial charge in [-0.2, -0.15) is 0 Å². The molecule has 2 aromatic carbocycles. The highest BCUT2D eigenvalue weighted by Gasteiger charge is 2.09. The largest absolute Gasteiger partial charge is 0.508 e. The highest BCUT2D eigenvalue weighted by Crippen LogP contribution is 2.20. The monoisotopic (exact) mass is 334 g/mol. The summed E-state index contributed by atoms with van der Waals surface area (Å²) < 4.78 is 0. The molecule has 0 aliphatic heterocycles. The fourth-order valence-electron chi connectivity index (χ4n) is 1.88. The van der Waals surface area contributed by atoms with E-state index in [2.05, 4.69) is 10.6 Å². The summed E-state index contributed by atoms with van der Waals surface area (Å²) in [6.45, 7) is 0.437. The van der Waals surface area contributed by atoms with Crippen molar-refractivity contribution in [2.24, 2.45) is 0 Å². The van der Waals surface area contributed by atoms with Crippen molar-refractivity contribution in [1.82, 2.24) is 10.6 Å². The Hall–Kier alpha value is -2.73. The molecular formula is C16H15ClN2O4. The van der Waals surface area contributed by atoms with Gasteiger partial charge < -0.3 is 20.8 Å². The molecule has 2 aromatic rings. The van der Waals surface area contributed by atoms with Gasteiger partial charge in [0.2, 0.25) is 0 Å². The summed E-state index contributed by atoms with van der Waals surface area (Å²) in [6.07, 6.45) is 0. The predicted molar refractivity (Wildman–Crippen MR) is 85.9 cm³/mol. The van der Waals surface area contributed by atoms with Crippen molar-refractivity contribution in [3.8, 4) is 11.5 Å². The average molecular weight is 335 g/mol. The van der Waals surface area contributed by atoms with Crippen LogP contribution in [0.15, 0.2) is 42.5 Å². The van der Waals surface area contributed by atoms with Gasteiger partial charge in [-0.15, -0.1) is 0 Å². The van der Waals surface area contributed by atoms with Gasteiger partial charge in [0, 0.05) is 35.3 Å². The molecule has 0 heterocycles. The molecule has 0 aromatic heterocycles. The van der Waals surface area contributed by atoms with Gasteiger partial charge in [0.15, 0.2) is 0 Å². The quantitative estimate of drug-likeness (QED) is 0.628. The van der Waals surface area contributed by atoms with Crippen LogP contribution in [0.1, 0.15) is 20.7 Å². The number of hydrogen-bond acceptors (Lipinski definition) is 4. The standard InChI is InChI=1S/C16H15ClN2O4/c17-12-3-1-10(2-4-12)15(22)18-5-6-19-16(23)11-7-13(20)9-14(21)8-11/h1-4,7-9,20-21H,5-6H2,(H,18,22)(H,19,23). The first-order chi connectivity index (χ1) is 11.0. The Morgan fingerprint density at radius 3 is 1.83 bits per heavy atom. The van der Waals surface area contributed by atoms with Crippen LogP contribution in [0, 0.1) is 0 Å². The molecule has 0 aliphatic carbocycles. The number of carbonyl (C=O) groups is 2. The second kappa shape index (κ2) is 7.51. The Labute approximate surface area is 137 Å². The highest BCUT2D eigenvalue weighted by molar-refractivity contribution is 6.30. The number of amides is 2. The highest BCUT2D eigenvalue weighted by atomic mass is 35.5. The minimum absolute atomic E-state index is 0.131. The van der Waals surface area contributed by atoms with Crippen molar-refractivity contribution in [1.29, 1.82) is 0 Å². The SMILES string of the molecule is O=C(NCCNC(=O)c1cc(O)cc(O)c1)c1ccc(Cl)cc1. The van der Waals surface area contributed by atoms with Crippen molar-refractivity contribution in [3.63, 3.8) is 0 Å². The van der Waals surface area contributed by atoms with Crippen LogP contribution in [0.2, 0.25) is 5.02 Å². The number of benzene rings is 2. The molecule has 0 fully saturated rings. The van der Waals surface area contributed by atoms with E-state index >= 15 is 0 Å². The second-order valence-corrected chi connectivity index (χ2v) is 5.19. The van der Waals surface area contributed by atoms with Crippen molar-refractivity contribution in [3.05, 3.63) is 58.6 Å². The smallest absolute Gasteiger partial charge is 0.251 e. The van der Waals surface area contributed by atoms with Crippen LogP contribution in [0.3, 0.4) is 0 Å². The van der Waals surface area contributed by atoms with Crippen molar-refractivity contribution in [2.75, 3.05) is 13.1 Å². The molecule has 0 saturated heterocycles. The molecule has 2 amide bonds. The molecule has 6 nitrogen and oxygen atoms in total. The van der Waals surface area contributed by atoms with Crippen LogP contribution in [0.5, 0.6) is 11.5 Å². The Morgan fingerprint density at radius 1 is 0.826 bits per heavy atom. The third kappa shape index (κ3) is 4.89. The lowest BCUT2D eigenvalue weighted by Crippen LogP contribution is -2.34. The summed E-state index contributed by atoms with van der Waals surface area (Å²) >= 11 is 5.74. The van der Waals surface area contributed by atoms with Gasteiger partial charge in [-0.3, -0.25) is 9.59 Å². The van der Waals surface area contributed by atoms with E-state index < -0.39 is 5.91 Å². The molecule has 4 N–H and O–H groups in total. The van der Waals surface area contributed by atoms with Crippen molar-refractivity contribution < 1.29 is 19.8 Å². The Kier molecular flexibility index (Phi) is 5.43. The molecular weight excluding hydrogens is 320 g/mol. The van der Waals surface area contributed by atoms with Gasteiger partial charge in [-0.1, -0.05) is 11.6 Å². The maximum Gasteiger partial charge on any atom is 0.251 e. The number of rotatable bonds is 5. The third-order valence-corrected chi connectivity index (χ3v) is 3.22. The number of aromatic hydroxyl groups is 2. The summed E-state index contributed by atoms with van der Waals surface area (Å²) in [5, 5.41) is 24.4. The zero-order valence-corrected chi connectivity index (χ0v) is 12.8. The van der Waals surface area contributed by atoms with Crippen LogP contribution < -0.4 is 10.6 Å². The number of phenolic OH excluding ortho intramolecular Hbond substituents is 2. The molecule has 2 rings (SSSR count). The summed E-state index contributed by atoms with van der Waals surface area (Å²) in [6, 6.07) is 10.0. The fraction of sp³-hybridized carbons (Fsp3) is 0.125. The van der Waals surface area contributed by atoms with E-state index in [0.29, 0.717) is 10.6 Å². The third-order valence-electron chi connectivity index (χ3n) is 2.97. The van der Waals surface area contributed by atoms with Crippen LogP contribution in [0.4, 0.5) is 0 Å². The van der Waals surface area contributed by atoms with E-state index in [4.69, 9.17) is 11.6 Å². The number of nitrogens with one attached hydrogen (secondary N) is 2. The van der Waals surface area contributed by atoms with Gasteiger partial charge in [0.05, 0.1) is 0 Å². The summed E-state index contributed by atoms with van der Waals surface area (Å²) in [5.74, 6) is -1.14. The van der Waals surface area contributed by atoms with Gasteiger partial charge in [0.1, 0.15) is 11.5 Å². The molecule has 0 bridgehead atoms. The van der Waals surface area contributed by atoms with E-state index in [1.165, 1.54) is 12.1 Å². The zero-order valence-electron chi connectivity index (χ0n) is 12.0. The van der Waals surface area contributed by atoms with E-state index in [0.717, 1.165) is 6.07 Å². The summed E-state index contributed by atoms with van der Waals surface area (Å²) in [4.78, 5) is 23.7. The van der Waals surface area contributed by atoms with Crippen LogP contribution >= 0.6 is 11.6 Å². The lowest BCUT2D eigenvalue weighted by molar-refractivity contribution is 0.0927. The molecule has 0 atom stereocenters. The maximum absolute atomic E-state index is 11.8. The molecule has 0 spiro atoms. The zero-order chi connectivity index (χ0) is 16.8. The van der Waals surface area contributed by atoms with Crippen molar-refractivity contribution >= 4 is 23.4 Å². The van der Waals surface area contributed by atoms with Gasteiger partial charge in [-0.25, -0.2) is 0 Å². The van der Waals surface area contributed by atoms with Gasteiger partial charge >= 0.3 is 0 Å². The van der Waals surface area contributed by atoms with E-state index in [9.17, 15) is 19.8 Å². The molecule has 0 saturated carbocycles. The van der Waals surface area contributed by atoms with Gasteiger partial charge in [0.25, 0.3) is 11.8 Å². The minimum Gasteiger partial charge on any atom is -0.508 e. The lowest BCUT2D eigenvalue weighted by Gasteiger charge is -2.08. The molecule has 0 unspecified atom stereocenters. The Morgan fingerprint density at radius 2 is 1.30 bits per heavy atom. The van der Waals surface area contributed by atoms with Crippen LogP contribution in [-0.2, 0) is 0 Å². The van der Waals surface area contributed by atoms with Crippen LogP contribution in [-0.4, -0.2) is 35.1 Å². The summed E-state index contributed by atoms with van der Waals surface area (Å²) in [5.41, 5.74) is 0.602. The molecule has 7 heteroatoms. The summed E-state index contributed by atoms with van der Waals surface area (Å²) in [7, 11) is 0. The number of carbonyl (C=O) groups excluding carboxylic acids is 2. The van der Waals surface area contributed by atoms with E-state index in [-0.39, 0.29) is 36.1 Å².